The van der Waals surface area contributed by atoms with Gasteiger partial charge in [-0.1, -0.05) is 11.6 Å². The minimum absolute atomic E-state index is 0.0339. The van der Waals surface area contributed by atoms with Crippen molar-refractivity contribution in [2.45, 2.75) is 25.8 Å². The Balaban J connectivity index is 2.24. The van der Waals surface area contributed by atoms with Crippen LogP contribution in [0.3, 0.4) is 0 Å². The molecule has 0 aliphatic carbocycles. The standard InChI is InChI=1S/C13H18ClN3O2/c1-2-16(11-4-3-7-15-9-11)13-6-5-10(17(18)19)8-12(13)14/h5-6,8,11,15H,2-4,7,9H2,1H3. The Morgan fingerprint density at radius 2 is 2.37 bits per heavy atom. The van der Waals surface area contributed by atoms with Crippen molar-refractivity contribution in [2.24, 2.45) is 0 Å². The zero-order chi connectivity index (χ0) is 13.8. The van der Waals surface area contributed by atoms with Gasteiger partial charge in [-0.05, 0) is 32.4 Å². The minimum atomic E-state index is -0.423. The van der Waals surface area contributed by atoms with E-state index in [-0.39, 0.29) is 5.69 Å². The zero-order valence-corrected chi connectivity index (χ0v) is 11.7. The van der Waals surface area contributed by atoms with Crippen LogP contribution in [0.15, 0.2) is 18.2 Å². The van der Waals surface area contributed by atoms with Crippen LogP contribution in [0, 0.1) is 10.1 Å². The van der Waals surface area contributed by atoms with Gasteiger partial charge in [-0.25, -0.2) is 0 Å². The molecule has 1 saturated heterocycles. The summed E-state index contributed by atoms with van der Waals surface area (Å²) in [6, 6.07) is 5.09. The Kier molecular flexibility index (Phi) is 4.61. The van der Waals surface area contributed by atoms with Gasteiger partial charge in [-0.2, -0.15) is 0 Å². The van der Waals surface area contributed by atoms with Crippen LogP contribution >= 0.6 is 11.6 Å². The van der Waals surface area contributed by atoms with Crippen molar-refractivity contribution in [3.05, 3.63) is 33.3 Å². The molecule has 19 heavy (non-hydrogen) atoms. The number of nitro benzene ring substituents is 1. The number of hydrogen-bond donors (Lipinski definition) is 1. The van der Waals surface area contributed by atoms with Crippen molar-refractivity contribution < 1.29 is 4.92 Å². The van der Waals surface area contributed by atoms with Crippen molar-refractivity contribution in [3.8, 4) is 0 Å². The molecule has 1 aliphatic heterocycles. The van der Waals surface area contributed by atoms with Crippen molar-refractivity contribution in [1.29, 1.82) is 0 Å². The average Bonchev–Trinajstić information content (AvgIpc) is 2.42. The molecule has 2 rings (SSSR count). The SMILES string of the molecule is CCN(c1ccc([N+](=O)[O-])cc1Cl)C1CCCNC1. The van der Waals surface area contributed by atoms with E-state index in [9.17, 15) is 10.1 Å². The molecular formula is C13H18ClN3O2. The van der Waals surface area contributed by atoms with Crippen LogP contribution in [0.5, 0.6) is 0 Å². The largest absolute Gasteiger partial charge is 0.366 e. The number of non-ortho nitro benzene ring substituents is 1. The first-order chi connectivity index (χ1) is 9.13. The topological polar surface area (TPSA) is 58.4 Å². The zero-order valence-electron chi connectivity index (χ0n) is 10.9. The predicted octanol–water partition coefficient (Wildman–Crippen LogP) is 2.83. The first kappa shape index (κ1) is 14.1. The van der Waals surface area contributed by atoms with Gasteiger partial charge >= 0.3 is 0 Å². The quantitative estimate of drug-likeness (QED) is 0.682. The van der Waals surface area contributed by atoms with E-state index >= 15 is 0 Å². The molecule has 1 aliphatic rings. The molecule has 5 nitrogen and oxygen atoms in total. The monoisotopic (exact) mass is 283 g/mol. The number of nitro groups is 1. The molecule has 1 aromatic carbocycles. The highest BCUT2D eigenvalue weighted by Crippen LogP contribution is 2.31. The van der Waals surface area contributed by atoms with Gasteiger partial charge in [0.1, 0.15) is 0 Å². The molecule has 1 fully saturated rings. The molecule has 0 aromatic heterocycles. The highest BCUT2D eigenvalue weighted by Gasteiger charge is 2.22. The number of halogens is 1. The number of nitrogens with zero attached hydrogens (tertiary/aromatic N) is 2. The molecule has 6 heteroatoms. The van der Waals surface area contributed by atoms with Crippen LogP contribution in [0.1, 0.15) is 19.8 Å². The predicted molar refractivity (Wildman–Crippen MR) is 77.0 cm³/mol. The van der Waals surface area contributed by atoms with Gasteiger partial charge in [0.2, 0.25) is 0 Å². The highest BCUT2D eigenvalue weighted by molar-refractivity contribution is 6.33. The smallest absolute Gasteiger partial charge is 0.271 e. The molecule has 0 spiro atoms. The first-order valence-corrected chi connectivity index (χ1v) is 6.92. The molecule has 1 N–H and O–H groups in total. The molecule has 1 atom stereocenters. The number of rotatable bonds is 4. The van der Waals surface area contributed by atoms with Gasteiger partial charge < -0.3 is 10.2 Å². The van der Waals surface area contributed by atoms with Gasteiger partial charge in [-0.3, -0.25) is 10.1 Å². The van der Waals surface area contributed by atoms with Crippen LogP contribution in [-0.2, 0) is 0 Å². The lowest BCUT2D eigenvalue weighted by molar-refractivity contribution is -0.384. The Bertz CT molecular complexity index is 461. The van der Waals surface area contributed by atoms with Crippen LogP contribution in [-0.4, -0.2) is 30.6 Å². The molecule has 104 valence electrons. The van der Waals surface area contributed by atoms with Gasteiger partial charge in [0, 0.05) is 31.3 Å². The maximum Gasteiger partial charge on any atom is 0.271 e. The second kappa shape index (κ2) is 6.21. The van der Waals surface area contributed by atoms with Gasteiger partial charge in [0.25, 0.3) is 5.69 Å². The summed E-state index contributed by atoms with van der Waals surface area (Å²) in [5, 5.41) is 14.6. The van der Waals surface area contributed by atoms with E-state index in [4.69, 9.17) is 11.6 Å². The van der Waals surface area contributed by atoms with Crippen molar-refractivity contribution in [3.63, 3.8) is 0 Å². The molecule has 1 unspecified atom stereocenters. The van der Waals surface area contributed by atoms with E-state index in [1.165, 1.54) is 12.1 Å². The second-order valence-electron chi connectivity index (χ2n) is 4.68. The van der Waals surface area contributed by atoms with Gasteiger partial charge in [0.05, 0.1) is 15.6 Å². The van der Waals surface area contributed by atoms with Crippen LogP contribution in [0.2, 0.25) is 5.02 Å². The lowest BCUT2D eigenvalue weighted by Crippen LogP contribution is -2.46. The maximum atomic E-state index is 10.7. The Morgan fingerprint density at radius 3 is 2.89 bits per heavy atom. The lowest BCUT2D eigenvalue weighted by Gasteiger charge is -2.36. The molecule has 1 heterocycles. The molecule has 0 radical (unpaired) electrons. The van der Waals surface area contributed by atoms with Crippen LogP contribution in [0.25, 0.3) is 0 Å². The molecule has 0 bridgehead atoms. The molecule has 1 aromatic rings. The number of piperidine rings is 1. The summed E-state index contributed by atoms with van der Waals surface area (Å²) in [7, 11) is 0. The average molecular weight is 284 g/mol. The maximum absolute atomic E-state index is 10.7. The van der Waals surface area contributed by atoms with Gasteiger partial charge in [0.15, 0.2) is 0 Å². The summed E-state index contributed by atoms with van der Waals surface area (Å²) >= 11 is 6.20. The normalized spacial score (nSPS) is 19.2. The van der Waals surface area contributed by atoms with Crippen LogP contribution in [0.4, 0.5) is 11.4 Å². The third-order valence-corrected chi connectivity index (χ3v) is 3.81. The third-order valence-electron chi connectivity index (χ3n) is 3.50. The number of benzene rings is 1. The molecule has 0 amide bonds. The number of anilines is 1. The number of hydrogen-bond acceptors (Lipinski definition) is 4. The highest BCUT2D eigenvalue weighted by atomic mass is 35.5. The van der Waals surface area contributed by atoms with Crippen LogP contribution < -0.4 is 10.2 Å². The third kappa shape index (κ3) is 3.16. The summed E-state index contributed by atoms with van der Waals surface area (Å²) < 4.78 is 0. The Morgan fingerprint density at radius 1 is 1.58 bits per heavy atom. The van der Waals surface area contributed by atoms with E-state index in [0.29, 0.717) is 11.1 Å². The van der Waals surface area contributed by atoms with Gasteiger partial charge in [-0.15, -0.1) is 0 Å². The number of likely N-dealkylation sites (N-methyl/N-ethyl adjacent to an activating group) is 1. The summed E-state index contributed by atoms with van der Waals surface area (Å²) in [4.78, 5) is 12.5. The molecule has 0 saturated carbocycles. The van der Waals surface area contributed by atoms with E-state index in [0.717, 1.165) is 38.2 Å². The minimum Gasteiger partial charge on any atom is -0.366 e. The van der Waals surface area contributed by atoms with Crippen molar-refractivity contribution in [2.75, 3.05) is 24.5 Å². The summed E-state index contributed by atoms with van der Waals surface area (Å²) in [6.45, 7) is 4.90. The van der Waals surface area contributed by atoms with E-state index < -0.39 is 4.92 Å². The first-order valence-electron chi connectivity index (χ1n) is 6.54. The fourth-order valence-corrected chi connectivity index (χ4v) is 2.85. The Labute approximate surface area is 117 Å². The molecular weight excluding hydrogens is 266 g/mol. The van der Waals surface area contributed by atoms with E-state index in [1.54, 1.807) is 6.07 Å². The fraction of sp³-hybridized carbons (Fsp3) is 0.538. The van der Waals surface area contributed by atoms with Crippen molar-refractivity contribution in [1.82, 2.24) is 5.32 Å². The van der Waals surface area contributed by atoms with E-state index in [1.807, 2.05) is 0 Å². The Hall–Kier alpha value is -1.33. The summed E-state index contributed by atoms with van der Waals surface area (Å²) in [6.07, 6.45) is 2.26. The van der Waals surface area contributed by atoms with E-state index in [2.05, 4.69) is 17.1 Å². The second-order valence-corrected chi connectivity index (χ2v) is 5.09. The van der Waals surface area contributed by atoms with Crippen molar-refractivity contribution >= 4 is 23.0 Å². The summed E-state index contributed by atoms with van der Waals surface area (Å²) in [5.74, 6) is 0. The summed E-state index contributed by atoms with van der Waals surface area (Å²) in [5.41, 5.74) is 0.912. The fourth-order valence-electron chi connectivity index (χ4n) is 2.57. The number of nitrogens with one attached hydrogen (secondary N) is 1. The lowest BCUT2D eigenvalue weighted by atomic mass is 10.0.